The lowest BCUT2D eigenvalue weighted by molar-refractivity contribution is -0.151. The van der Waals surface area contributed by atoms with E-state index in [0.29, 0.717) is 32.2 Å². The van der Waals surface area contributed by atoms with Gasteiger partial charge in [-0.05, 0) is 48.4 Å². The number of fused-ring (bicyclic) bond motifs is 1. The Morgan fingerprint density at radius 1 is 1.17 bits per heavy atom. The van der Waals surface area contributed by atoms with Crippen molar-refractivity contribution in [1.82, 2.24) is 9.80 Å². The highest BCUT2D eigenvalue weighted by atomic mass is 35.5. The van der Waals surface area contributed by atoms with Crippen molar-refractivity contribution >= 4 is 18.3 Å². The van der Waals surface area contributed by atoms with Crippen LogP contribution in [0.4, 0.5) is 0 Å². The van der Waals surface area contributed by atoms with Gasteiger partial charge in [0.05, 0.1) is 20.3 Å². The molecule has 0 radical (unpaired) electrons. The Morgan fingerprint density at radius 3 is 2.80 bits per heavy atom. The number of para-hydroxylation sites is 1. The third kappa shape index (κ3) is 7.35. The standard InChI is InChI=1S/C28H38N2O4.ClH/c1-21(2)17-30(18-22-11-12-23-8-6-7-14-33-26(23)16-22)28(31)27-20-29(13-15-34-27)19-24-9-4-5-10-25(24)32-3;/h4-5,9-12,16,21,27H,6-8,13-15,17-20H2,1-3H3;1H. The van der Waals surface area contributed by atoms with Crippen LogP contribution >= 0.6 is 12.4 Å². The average Bonchev–Trinajstić information content (AvgIpc) is 3.08. The quantitative estimate of drug-likeness (QED) is 0.523. The molecule has 0 saturated carbocycles. The van der Waals surface area contributed by atoms with E-state index in [1.807, 2.05) is 23.1 Å². The molecule has 0 N–H and O–H groups in total. The number of nitrogens with zero attached hydrogens (tertiary/aromatic N) is 2. The zero-order chi connectivity index (χ0) is 23.9. The number of hydrogen-bond donors (Lipinski definition) is 0. The van der Waals surface area contributed by atoms with Gasteiger partial charge in [-0.25, -0.2) is 0 Å². The fourth-order valence-corrected chi connectivity index (χ4v) is 4.81. The largest absolute Gasteiger partial charge is 0.496 e. The van der Waals surface area contributed by atoms with Crippen LogP contribution in [0.3, 0.4) is 0 Å². The lowest BCUT2D eigenvalue weighted by atomic mass is 10.0. The van der Waals surface area contributed by atoms with Gasteiger partial charge in [0, 0.05) is 38.3 Å². The number of carbonyl (C=O) groups is 1. The van der Waals surface area contributed by atoms with Crippen molar-refractivity contribution in [3.05, 3.63) is 59.2 Å². The van der Waals surface area contributed by atoms with Gasteiger partial charge in [0.25, 0.3) is 5.91 Å². The fourth-order valence-electron chi connectivity index (χ4n) is 4.81. The molecule has 4 rings (SSSR count). The van der Waals surface area contributed by atoms with Gasteiger partial charge < -0.3 is 19.1 Å². The fraction of sp³-hybridized carbons (Fsp3) is 0.536. The van der Waals surface area contributed by atoms with Gasteiger partial charge in [-0.1, -0.05) is 44.2 Å². The molecule has 1 unspecified atom stereocenters. The lowest BCUT2D eigenvalue weighted by Gasteiger charge is -2.35. The van der Waals surface area contributed by atoms with Crippen LogP contribution in [0.5, 0.6) is 11.5 Å². The van der Waals surface area contributed by atoms with Crippen LogP contribution < -0.4 is 9.47 Å². The Kier molecular flexibility index (Phi) is 10.3. The summed E-state index contributed by atoms with van der Waals surface area (Å²) in [5, 5.41) is 0. The van der Waals surface area contributed by atoms with E-state index in [0.717, 1.165) is 61.6 Å². The minimum atomic E-state index is -0.459. The van der Waals surface area contributed by atoms with Crippen molar-refractivity contribution < 1.29 is 19.0 Å². The zero-order valence-electron chi connectivity index (χ0n) is 21.2. The van der Waals surface area contributed by atoms with Gasteiger partial charge >= 0.3 is 0 Å². The number of morpholine rings is 1. The Hall–Kier alpha value is -2.28. The normalized spacial score (nSPS) is 18.1. The Morgan fingerprint density at radius 2 is 2.00 bits per heavy atom. The molecular weight excluding hydrogens is 464 g/mol. The number of amides is 1. The first-order valence-corrected chi connectivity index (χ1v) is 12.5. The maximum absolute atomic E-state index is 13.6. The average molecular weight is 503 g/mol. The molecule has 1 saturated heterocycles. The van der Waals surface area contributed by atoms with E-state index in [4.69, 9.17) is 14.2 Å². The van der Waals surface area contributed by atoms with E-state index in [1.54, 1.807) is 7.11 Å². The molecule has 2 aromatic rings. The van der Waals surface area contributed by atoms with Gasteiger partial charge in [0.2, 0.25) is 0 Å². The van der Waals surface area contributed by atoms with Crippen molar-refractivity contribution in [2.24, 2.45) is 5.92 Å². The molecule has 1 fully saturated rings. The van der Waals surface area contributed by atoms with Crippen LogP contribution in [-0.2, 0) is 29.0 Å². The molecule has 2 aliphatic rings. The number of carbonyl (C=O) groups excluding carboxylic acids is 1. The lowest BCUT2D eigenvalue weighted by Crippen LogP contribution is -2.51. The number of aryl methyl sites for hydroxylation is 1. The highest BCUT2D eigenvalue weighted by molar-refractivity contribution is 5.85. The monoisotopic (exact) mass is 502 g/mol. The zero-order valence-corrected chi connectivity index (χ0v) is 22.0. The van der Waals surface area contributed by atoms with E-state index in [1.165, 1.54) is 5.56 Å². The predicted molar refractivity (Wildman–Crippen MR) is 140 cm³/mol. The van der Waals surface area contributed by atoms with E-state index >= 15 is 0 Å². The summed E-state index contributed by atoms with van der Waals surface area (Å²) >= 11 is 0. The molecule has 2 heterocycles. The molecule has 192 valence electrons. The first kappa shape index (κ1) is 27.3. The van der Waals surface area contributed by atoms with Crippen LogP contribution in [0.15, 0.2) is 42.5 Å². The van der Waals surface area contributed by atoms with E-state index in [2.05, 4.69) is 43.0 Å². The number of ether oxygens (including phenoxy) is 3. The molecule has 2 aromatic carbocycles. The van der Waals surface area contributed by atoms with E-state index in [-0.39, 0.29) is 18.3 Å². The van der Waals surface area contributed by atoms with Crippen LogP contribution in [-0.4, -0.2) is 61.8 Å². The molecule has 6 nitrogen and oxygen atoms in total. The maximum Gasteiger partial charge on any atom is 0.253 e. The number of methoxy groups -OCH3 is 1. The number of benzene rings is 2. The summed E-state index contributed by atoms with van der Waals surface area (Å²) in [6.07, 6.45) is 2.85. The number of hydrogen-bond acceptors (Lipinski definition) is 5. The molecule has 0 aliphatic carbocycles. The second kappa shape index (κ2) is 13.1. The van der Waals surface area contributed by atoms with Crippen molar-refractivity contribution in [3.8, 4) is 11.5 Å². The minimum absolute atomic E-state index is 0. The van der Waals surface area contributed by atoms with E-state index < -0.39 is 6.10 Å². The summed E-state index contributed by atoms with van der Waals surface area (Å²) in [7, 11) is 1.70. The van der Waals surface area contributed by atoms with Crippen LogP contribution in [0, 0.1) is 5.92 Å². The van der Waals surface area contributed by atoms with Crippen molar-refractivity contribution in [2.45, 2.75) is 52.3 Å². The van der Waals surface area contributed by atoms with Crippen molar-refractivity contribution in [1.29, 1.82) is 0 Å². The molecule has 7 heteroatoms. The first-order valence-electron chi connectivity index (χ1n) is 12.5. The molecule has 0 aromatic heterocycles. The van der Waals surface area contributed by atoms with Gasteiger partial charge in [-0.15, -0.1) is 12.4 Å². The maximum atomic E-state index is 13.6. The smallest absolute Gasteiger partial charge is 0.253 e. The van der Waals surface area contributed by atoms with E-state index in [9.17, 15) is 4.79 Å². The molecule has 0 bridgehead atoms. The van der Waals surface area contributed by atoms with Gasteiger partial charge in [0.15, 0.2) is 0 Å². The second-order valence-electron chi connectivity index (χ2n) is 9.77. The summed E-state index contributed by atoms with van der Waals surface area (Å²) in [4.78, 5) is 17.9. The summed E-state index contributed by atoms with van der Waals surface area (Å²) in [6.45, 7) is 9.00. The number of rotatable bonds is 8. The highest BCUT2D eigenvalue weighted by Crippen LogP contribution is 2.27. The predicted octanol–water partition coefficient (Wildman–Crippen LogP) is 4.72. The summed E-state index contributed by atoms with van der Waals surface area (Å²) < 4.78 is 17.5. The van der Waals surface area contributed by atoms with Crippen LogP contribution in [0.2, 0.25) is 0 Å². The van der Waals surface area contributed by atoms with Crippen LogP contribution in [0.25, 0.3) is 0 Å². The third-order valence-corrected chi connectivity index (χ3v) is 6.51. The summed E-state index contributed by atoms with van der Waals surface area (Å²) in [6, 6.07) is 14.5. The highest BCUT2D eigenvalue weighted by Gasteiger charge is 2.31. The molecule has 2 aliphatic heterocycles. The Labute approximate surface area is 215 Å². The van der Waals surface area contributed by atoms with Gasteiger partial charge in [0.1, 0.15) is 17.6 Å². The molecular formula is C28H39ClN2O4. The van der Waals surface area contributed by atoms with Gasteiger partial charge in [-0.3, -0.25) is 9.69 Å². The minimum Gasteiger partial charge on any atom is -0.496 e. The summed E-state index contributed by atoms with van der Waals surface area (Å²) in [5.74, 6) is 2.29. The number of halogens is 1. The molecule has 1 amide bonds. The second-order valence-corrected chi connectivity index (χ2v) is 9.77. The third-order valence-electron chi connectivity index (χ3n) is 6.51. The molecule has 0 spiro atoms. The van der Waals surface area contributed by atoms with Crippen molar-refractivity contribution in [3.63, 3.8) is 0 Å². The van der Waals surface area contributed by atoms with Gasteiger partial charge in [-0.2, -0.15) is 0 Å². The SMILES string of the molecule is COc1ccccc1CN1CCOC(C(=O)N(Cc2ccc3c(c2)OCCCC3)CC(C)C)C1.Cl. The molecule has 1 atom stereocenters. The Balaban J connectivity index is 0.00000342. The molecule has 35 heavy (non-hydrogen) atoms. The Bertz CT molecular complexity index is 968. The van der Waals surface area contributed by atoms with Crippen molar-refractivity contribution in [2.75, 3.05) is 40.0 Å². The summed E-state index contributed by atoms with van der Waals surface area (Å²) in [5.41, 5.74) is 3.50. The van der Waals surface area contributed by atoms with Crippen LogP contribution in [0.1, 0.15) is 43.4 Å². The first-order chi connectivity index (χ1) is 16.5. The topological polar surface area (TPSA) is 51.2 Å².